The van der Waals surface area contributed by atoms with Crippen LogP contribution in [0.4, 0.5) is 0 Å². The maximum absolute atomic E-state index is 14.7. The lowest BCUT2D eigenvalue weighted by Gasteiger charge is -2.52. The van der Waals surface area contributed by atoms with Gasteiger partial charge in [0.25, 0.3) is 0 Å². The summed E-state index contributed by atoms with van der Waals surface area (Å²) in [7, 11) is 0. The highest BCUT2D eigenvalue weighted by Crippen LogP contribution is 2.57. The first-order chi connectivity index (χ1) is 17.3. The molecule has 2 fully saturated rings. The topological polar surface area (TPSA) is 94.9 Å². The molecule has 6 heteroatoms. The van der Waals surface area contributed by atoms with E-state index in [1.54, 1.807) is 24.3 Å². The summed E-state index contributed by atoms with van der Waals surface area (Å²) in [4.78, 5) is 42.6. The summed E-state index contributed by atoms with van der Waals surface area (Å²) in [5.41, 5.74) is -0.836. The number of carboxylic acid groups (broad SMARTS) is 1. The molecule has 2 aliphatic rings. The van der Waals surface area contributed by atoms with Gasteiger partial charge in [0.15, 0.2) is 5.78 Å². The van der Waals surface area contributed by atoms with E-state index in [1.807, 2.05) is 66.7 Å². The fourth-order valence-corrected chi connectivity index (χ4v) is 6.34. The molecular weight excluding hydrogens is 454 g/mol. The van der Waals surface area contributed by atoms with Crippen molar-refractivity contribution in [3.05, 3.63) is 108 Å². The molecule has 0 spiro atoms. The molecule has 2 N–H and O–H groups in total. The third-order valence-electron chi connectivity index (χ3n) is 7.85. The predicted molar refractivity (Wildman–Crippen MR) is 134 cm³/mol. The summed E-state index contributed by atoms with van der Waals surface area (Å²) in [5.74, 6) is -3.13. The average Bonchev–Trinajstić information content (AvgIpc) is 3.03. The van der Waals surface area contributed by atoms with Gasteiger partial charge >= 0.3 is 5.97 Å². The van der Waals surface area contributed by atoms with Gasteiger partial charge in [-0.25, -0.2) is 4.79 Å². The number of fused-ring (bicyclic) bond motifs is 1. The smallest absolute Gasteiger partial charge is 0.337 e. The monoisotopic (exact) mass is 483 g/mol. The molecule has 1 amide bonds. The van der Waals surface area contributed by atoms with Crippen LogP contribution in [0.15, 0.2) is 91.0 Å². The Balaban J connectivity index is 1.72. The van der Waals surface area contributed by atoms with Crippen LogP contribution < -0.4 is 0 Å². The summed E-state index contributed by atoms with van der Waals surface area (Å²) >= 11 is 0. The summed E-state index contributed by atoms with van der Waals surface area (Å²) in [6.45, 7) is 1.54. The second-order valence-electron chi connectivity index (χ2n) is 10.1. The molecule has 4 atom stereocenters. The zero-order valence-electron chi connectivity index (χ0n) is 20.1. The minimum Gasteiger partial charge on any atom is -0.479 e. The van der Waals surface area contributed by atoms with Gasteiger partial charge in [0.1, 0.15) is 0 Å². The van der Waals surface area contributed by atoms with Crippen molar-refractivity contribution in [3.8, 4) is 0 Å². The number of hydrogen-bond donors (Lipinski definition) is 2. The highest BCUT2D eigenvalue weighted by molar-refractivity contribution is 6.18. The van der Waals surface area contributed by atoms with Crippen molar-refractivity contribution in [1.82, 2.24) is 4.90 Å². The fourth-order valence-electron chi connectivity index (χ4n) is 6.34. The van der Waals surface area contributed by atoms with E-state index in [4.69, 9.17) is 0 Å². The molecule has 0 aromatic heterocycles. The van der Waals surface area contributed by atoms with Gasteiger partial charge in [-0.3, -0.25) is 9.59 Å². The van der Waals surface area contributed by atoms with Gasteiger partial charge in [0.05, 0.1) is 23.5 Å². The second kappa shape index (κ2) is 9.03. The molecule has 0 aliphatic carbocycles. The number of carbonyl (C=O) groups excluding carboxylic acids is 2. The van der Waals surface area contributed by atoms with Gasteiger partial charge in [-0.05, 0) is 36.5 Å². The zero-order chi connectivity index (χ0) is 25.5. The van der Waals surface area contributed by atoms with E-state index >= 15 is 0 Å². The Hall–Kier alpha value is -3.77. The number of rotatable bonds is 8. The van der Waals surface area contributed by atoms with Crippen LogP contribution in [-0.2, 0) is 33.6 Å². The maximum atomic E-state index is 14.7. The van der Waals surface area contributed by atoms with E-state index in [2.05, 4.69) is 0 Å². The van der Waals surface area contributed by atoms with Crippen LogP contribution in [0.5, 0.6) is 0 Å². The number of Topliss-reactive ketones (excluding diaryl/α,β-unsaturated/α-hetero) is 1. The molecule has 184 valence electrons. The minimum atomic E-state index is -2.04. The molecule has 2 aliphatic heterocycles. The van der Waals surface area contributed by atoms with E-state index in [0.29, 0.717) is 5.56 Å². The first kappa shape index (κ1) is 23.9. The van der Waals surface area contributed by atoms with Crippen molar-refractivity contribution in [3.63, 3.8) is 0 Å². The van der Waals surface area contributed by atoms with Crippen LogP contribution in [0, 0.1) is 11.3 Å². The van der Waals surface area contributed by atoms with Crippen molar-refractivity contribution in [1.29, 1.82) is 0 Å². The third-order valence-corrected chi connectivity index (χ3v) is 7.85. The highest BCUT2D eigenvalue weighted by Gasteiger charge is 2.78. The highest BCUT2D eigenvalue weighted by atomic mass is 16.4. The number of aliphatic hydroxyl groups excluding tert-OH is 1. The van der Waals surface area contributed by atoms with Gasteiger partial charge < -0.3 is 15.1 Å². The van der Waals surface area contributed by atoms with Gasteiger partial charge in [-0.2, -0.15) is 0 Å². The van der Waals surface area contributed by atoms with E-state index in [9.17, 15) is 24.6 Å². The Bertz CT molecular complexity index is 1230. The summed E-state index contributed by atoms with van der Waals surface area (Å²) < 4.78 is 0. The second-order valence-corrected chi connectivity index (χ2v) is 10.1. The maximum Gasteiger partial charge on any atom is 0.337 e. The van der Waals surface area contributed by atoms with E-state index < -0.39 is 46.7 Å². The Morgan fingerprint density at radius 1 is 0.806 bits per heavy atom. The predicted octanol–water partition coefficient (Wildman–Crippen LogP) is 3.31. The number of hydrogen-bond acceptors (Lipinski definition) is 4. The first-order valence-electron chi connectivity index (χ1n) is 12.2. The number of carbonyl (C=O) groups is 3. The van der Waals surface area contributed by atoms with Gasteiger partial charge in [-0.1, -0.05) is 91.0 Å². The van der Waals surface area contributed by atoms with Crippen molar-refractivity contribution < 1.29 is 24.6 Å². The molecule has 5 rings (SSSR count). The molecule has 3 aromatic rings. The normalized spacial score (nSPS) is 25.2. The average molecular weight is 484 g/mol. The molecule has 2 saturated heterocycles. The molecule has 3 aromatic carbocycles. The van der Waals surface area contributed by atoms with Crippen LogP contribution in [0.3, 0.4) is 0 Å². The lowest BCUT2D eigenvalue weighted by atomic mass is 9.62. The molecule has 6 nitrogen and oxygen atoms in total. The summed E-state index contributed by atoms with van der Waals surface area (Å²) in [6, 6.07) is 27.2. The number of ketones is 1. The molecule has 0 saturated carbocycles. The summed E-state index contributed by atoms with van der Waals surface area (Å²) in [6.07, 6.45) is -0.604. The molecule has 36 heavy (non-hydrogen) atoms. The minimum absolute atomic E-state index is 0.123. The lowest BCUT2D eigenvalue weighted by molar-refractivity contribution is -0.182. The quantitative estimate of drug-likeness (QED) is 0.379. The van der Waals surface area contributed by atoms with Crippen LogP contribution in [0.25, 0.3) is 0 Å². The number of amides is 1. The Morgan fingerprint density at radius 2 is 1.22 bits per heavy atom. The van der Waals surface area contributed by atoms with Crippen LogP contribution in [0.1, 0.15) is 23.6 Å². The van der Waals surface area contributed by atoms with Crippen LogP contribution in [0.2, 0.25) is 0 Å². The molecule has 2 heterocycles. The SMILES string of the molecule is CC(O)C1C(=O)N2C1C(Cc1ccccc1)(Cc1ccccc1)C(=O)C2(Cc1ccccc1)C(=O)O. The first-order valence-corrected chi connectivity index (χ1v) is 12.2. The lowest BCUT2D eigenvalue weighted by Crippen LogP contribution is -2.72. The number of β-lactam (4-membered cyclic amide) rings is 1. The van der Waals surface area contributed by atoms with E-state index in [0.717, 1.165) is 11.1 Å². The van der Waals surface area contributed by atoms with E-state index in [-0.39, 0.29) is 19.3 Å². The number of aliphatic hydroxyl groups is 1. The van der Waals surface area contributed by atoms with E-state index in [1.165, 1.54) is 11.8 Å². The number of benzene rings is 3. The van der Waals surface area contributed by atoms with Crippen LogP contribution in [-0.4, -0.2) is 50.5 Å². The van der Waals surface area contributed by atoms with Gasteiger partial charge in [-0.15, -0.1) is 0 Å². The zero-order valence-corrected chi connectivity index (χ0v) is 20.1. The van der Waals surface area contributed by atoms with Crippen molar-refractivity contribution in [2.75, 3.05) is 0 Å². The Kier molecular flexibility index (Phi) is 6.00. The van der Waals surface area contributed by atoms with Crippen molar-refractivity contribution >= 4 is 17.7 Å². The molecule has 0 bridgehead atoms. The standard InChI is InChI=1S/C30H29NO5/c1-20(32)24-25-29(17-21-11-5-2-6-12-21,18-22-13-7-3-8-14-22)27(34)30(28(35)36,31(25)26(24)33)19-23-15-9-4-10-16-23/h2-16,20,24-25,32H,17-19H2,1H3,(H,35,36). The molecule has 4 unspecified atom stereocenters. The number of carboxylic acids is 1. The Morgan fingerprint density at radius 3 is 1.61 bits per heavy atom. The molecular formula is C30H29NO5. The third kappa shape index (κ3) is 3.56. The van der Waals surface area contributed by atoms with Crippen LogP contribution >= 0.6 is 0 Å². The molecule has 0 radical (unpaired) electrons. The van der Waals surface area contributed by atoms with Crippen molar-refractivity contribution in [2.45, 2.75) is 43.9 Å². The van der Waals surface area contributed by atoms with Gasteiger partial charge in [0, 0.05) is 6.42 Å². The van der Waals surface area contributed by atoms with Crippen molar-refractivity contribution in [2.24, 2.45) is 11.3 Å². The largest absolute Gasteiger partial charge is 0.479 e. The summed E-state index contributed by atoms with van der Waals surface area (Å²) in [5, 5.41) is 21.3. The number of aliphatic carboxylic acids is 1. The Labute approximate surface area is 210 Å². The van der Waals surface area contributed by atoms with Gasteiger partial charge in [0.2, 0.25) is 11.4 Å². The number of nitrogens with zero attached hydrogens (tertiary/aromatic N) is 1. The fraction of sp³-hybridized carbons (Fsp3) is 0.300.